The third kappa shape index (κ3) is 4.50. The molecule has 1 unspecified atom stereocenters. The number of hydrogen-bond acceptors (Lipinski definition) is 3. The molecule has 3 heteroatoms. The zero-order valence-electron chi connectivity index (χ0n) is 13.0. The average molecular weight is 284 g/mol. The van der Waals surface area contributed by atoms with Gasteiger partial charge in [0.2, 0.25) is 0 Å². The summed E-state index contributed by atoms with van der Waals surface area (Å²) in [6.45, 7) is 3.10. The number of hydrogen-bond donors (Lipinski definition) is 2. The van der Waals surface area contributed by atoms with Crippen LogP contribution in [0.2, 0.25) is 0 Å². The Bertz CT molecular complexity index is 564. The van der Waals surface area contributed by atoms with E-state index in [-0.39, 0.29) is 6.04 Å². The Morgan fingerprint density at radius 1 is 1.10 bits per heavy atom. The maximum atomic E-state index is 9.40. The van der Waals surface area contributed by atoms with Crippen molar-refractivity contribution in [1.29, 1.82) is 0 Å². The predicted molar refractivity (Wildman–Crippen MR) is 88.6 cm³/mol. The van der Waals surface area contributed by atoms with Gasteiger partial charge < -0.3 is 15.3 Å². The predicted octanol–water partition coefficient (Wildman–Crippen LogP) is 4.02. The number of nitrogens with one attached hydrogen (secondary N) is 1. The lowest BCUT2D eigenvalue weighted by Crippen LogP contribution is -2.12. The van der Waals surface area contributed by atoms with Gasteiger partial charge in [-0.2, -0.15) is 0 Å². The zero-order valence-corrected chi connectivity index (χ0v) is 13.0. The molecule has 0 aromatic heterocycles. The Hall–Kier alpha value is -2.00. The monoisotopic (exact) mass is 284 g/mol. The third-order valence-corrected chi connectivity index (χ3v) is 3.47. The van der Waals surface area contributed by atoms with E-state index < -0.39 is 0 Å². The summed E-state index contributed by atoms with van der Waals surface area (Å²) in [7, 11) is 4.15. The van der Waals surface area contributed by atoms with Gasteiger partial charge in [0.25, 0.3) is 0 Å². The van der Waals surface area contributed by atoms with E-state index in [0.29, 0.717) is 5.75 Å². The smallest absolute Gasteiger partial charge is 0.115 e. The second-order valence-electron chi connectivity index (χ2n) is 5.63. The zero-order chi connectivity index (χ0) is 15.2. The molecule has 0 saturated carbocycles. The fourth-order valence-corrected chi connectivity index (χ4v) is 2.45. The van der Waals surface area contributed by atoms with Crippen LogP contribution in [0.4, 0.5) is 5.69 Å². The summed E-state index contributed by atoms with van der Waals surface area (Å²) in [5.41, 5.74) is 3.62. The van der Waals surface area contributed by atoms with Gasteiger partial charge in [-0.15, -0.1) is 0 Å². The summed E-state index contributed by atoms with van der Waals surface area (Å²) in [5, 5.41) is 13.0. The molecule has 0 amide bonds. The molecule has 2 aromatic carbocycles. The van der Waals surface area contributed by atoms with Gasteiger partial charge in [0.15, 0.2) is 0 Å². The van der Waals surface area contributed by atoms with Crippen molar-refractivity contribution in [1.82, 2.24) is 4.90 Å². The van der Waals surface area contributed by atoms with Crippen LogP contribution in [-0.2, 0) is 6.54 Å². The molecule has 0 radical (unpaired) electrons. The summed E-state index contributed by atoms with van der Waals surface area (Å²) in [6, 6.07) is 16.2. The van der Waals surface area contributed by atoms with E-state index in [1.54, 1.807) is 12.1 Å². The number of aromatic hydroxyl groups is 1. The molecular weight excluding hydrogens is 260 g/mol. The molecule has 0 aliphatic heterocycles. The van der Waals surface area contributed by atoms with Gasteiger partial charge in [-0.25, -0.2) is 0 Å². The van der Waals surface area contributed by atoms with Crippen molar-refractivity contribution < 1.29 is 5.11 Å². The van der Waals surface area contributed by atoms with Crippen LogP contribution in [0, 0.1) is 0 Å². The van der Waals surface area contributed by atoms with E-state index in [0.717, 1.165) is 18.7 Å². The average Bonchev–Trinajstić information content (AvgIpc) is 2.45. The minimum atomic E-state index is 0.250. The van der Waals surface area contributed by atoms with E-state index in [9.17, 15) is 5.11 Å². The summed E-state index contributed by atoms with van der Waals surface area (Å²) in [6.07, 6.45) is 0.989. The Kier molecular flexibility index (Phi) is 5.23. The van der Waals surface area contributed by atoms with Crippen LogP contribution in [0.25, 0.3) is 0 Å². The van der Waals surface area contributed by atoms with Crippen molar-refractivity contribution in [2.45, 2.75) is 25.9 Å². The van der Waals surface area contributed by atoms with Crippen molar-refractivity contribution in [3.8, 4) is 5.75 Å². The van der Waals surface area contributed by atoms with Crippen LogP contribution in [0.3, 0.4) is 0 Å². The molecule has 0 aliphatic rings. The van der Waals surface area contributed by atoms with Gasteiger partial charge in [-0.1, -0.05) is 31.2 Å². The Morgan fingerprint density at radius 2 is 1.81 bits per heavy atom. The van der Waals surface area contributed by atoms with Crippen LogP contribution in [0.15, 0.2) is 48.5 Å². The topological polar surface area (TPSA) is 35.5 Å². The van der Waals surface area contributed by atoms with E-state index in [1.165, 1.54) is 11.1 Å². The lowest BCUT2D eigenvalue weighted by molar-refractivity contribution is 0.402. The van der Waals surface area contributed by atoms with Crippen molar-refractivity contribution in [3.63, 3.8) is 0 Å². The number of phenols is 1. The fraction of sp³-hybridized carbons (Fsp3) is 0.333. The van der Waals surface area contributed by atoms with Gasteiger partial charge in [0.05, 0.1) is 6.04 Å². The summed E-state index contributed by atoms with van der Waals surface area (Å²) in [5.74, 6) is 0.307. The molecule has 0 spiro atoms. The normalized spacial score (nSPS) is 12.4. The first-order valence-electron chi connectivity index (χ1n) is 7.37. The standard InChI is InChI=1S/C18H24N2O/c1-4-18(15-8-10-17(21)11-9-15)19-16-7-5-6-14(12-16)13-20(2)3/h5-12,18-19,21H,4,13H2,1-3H3. The minimum Gasteiger partial charge on any atom is -0.508 e. The van der Waals surface area contributed by atoms with Gasteiger partial charge in [-0.3, -0.25) is 0 Å². The first-order valence-corrected chi connectivity index (χ1v) is 7.37. The van der Waals surface area contributed by atoms with Crippen LogP contribution in [-0.4, -0.2) is 24.1 Å². The summed E-state index contributed by atoms with van der Waals surface area (Å²) in [4.78, 5) is 2.16. The van der Waals surface area contributed by atoms with Crippen LogP contribution in [0.1, 0.15) is 30.5 Å². The van der Waals surface area contributed by atoms with Crippen LogP contribution in [0.5, 0.6) is 5.75 Å². The van der Waals surface area contributed by atoms with E-state index in [1.807, 2.05) is 12.1 Å². The quantitative estimate of drug-likeness (QED) is 0.841. The molecule has 2 N–H and O–H groups in total. The molecule has 1 atom stereocenters. The molecule has 0 saturated heterocycles. The van der Waals surface area contributed by atoms with Gasteiger partial charge in [-0.05, 0) is 55.9 Å². The number of phenolic OH excluding ortho intramolecular Hbond substituents is 1. The number of anilines is 1. The van der Waals surface area contributed by atoms with Gasteiger partial charge in [0.1, 0.15) is 5.75 Å². The van der Waals surface area contributed by atoms with Crippen LogP contribution >= 0.6 is 0 Å². The molecule has 3 nitrogen and oxygen atoms in total. The van der Waals surface area contributed by atoms with Crippen molar-refractivity contribution in [2.24, 2.45) is 0 Å². The highest BCUT2D eigenvalue weighted by atomic mass is 16.3. The van der Waals surface area contributed by atoms with Crippen molar-refractivity contribution >= 4 is 5.69 Å². The number of rotatable bonds is 6. The molecular formula is C18H24N2O. The third-order valence-electron chi connectivity index (χ3n) is 3.47. The fourth-order valence-electron chi connectivity index (χ4n) is 2.45. The number of benzene rings is 2. The van der Waals surface area contributed by atoms with E-state index in [4.69, 9.17) is 0 Å². The highest BCUT2D eigenvalue weighted by molar-refractivity contribution is 5.48. The molecule has 21 heavy (non-hydrogen) atoms. The molecule has 0 fully saturated rings. The van der Waals surface area contributed by atoms with Crippen molar-refractivity contribution in [2.75, 3.05) is 19.4 Å². The maximum Gasteiger partial charge on any atom is 0.115 e. The van der Waals surface area contributed by atoms with Gasteiger partial charge in [0, 0.05) is 12.2 Å². The largest absolute Gasteiger partial charge is 0.508 e. The van der Waals surface area contributed by atoms with Gasteiger partial charge >= 0.3 is 0 Å². The maximum absolute atomic E-state index is 9.40. The summed E-state index contributed by atoms with van der Waals surface area (Å²) >= 11 is 0. The lowest BCUT2D eigenvalue weighted by atomic mass is 10.0. The second-order valence-corrected chi connectivity index (χ2v) is 5.63. The molecule has 0 bridgehead atoms. The minimum absolute atomic E-state index is 0.250. The lowest BCUT2D eigenvalue weighted by Gasteiger charge is -2.20. The van der Waals surface area contributed by atoms with E-state index in [2.05, 4.69) is 55.5 Å². The van der Waals surface area contributed by atoms with Crippen molar-refractivity contribution in [3.05, 3.63) is 59.7 Å². The Morgan fingerprint density at radius 3 is 2.43 bits per heavy atom. The first-order chi connectivity index (χ1) is 10.1. The molecule has 0 heterocycles. The SMILES string of the molecule is CCC(Nc1cccc(CN(C)C)c1)c1ccc(O)cc1. The molecule has 2 rings (SSSR count). The first kappa shape index (κ1) is 15.4. The Balaban J connectivity index is 2.13. The summed E-state index contributed by atoms with van der Waals surface area (Å²) < 4.78 is 0. The number of nitrogens with zero attached hydrogens (tertiary/aromatic N) is 1. The Labute approximate surface area is 127 Å². The molecule has 0 aliphatic carbocycles. The highest BCUT2D eigenvalue weighted by Crippen LogP contribution is 2.24. The van der Waals surface area contributed by atoms with E-state index >= 15 is 0 Å². The molecule has 2 aromatic rings. The molecule has 112 valence electrons. The highest BCUT2D eigenvalue weighted by Gasteiger charge is 2.09. The second kappa shape index (κ2) is 7.14. The van der Waals surface area contributed by atoms with Crippen LogP contribution < -0.4 is 5.32 Å².